The van der Waals surface area contributed by atoms with Gasteiger partial charge < -0.3 is 8.83 Å². The largest absolute Gasteiger partial charge is 0.456 e. The molecule has 0 atom stereocenters. The van der Waals surface area contributed by atoms with Crippen molar-refractivity contribution in [1.82, 2.24) is 0 Å². The van der Waals surface area contributed by atoms with Crippen molar-refractivity contribution in [1.29, 1.82) is 0 Å². The molecule has 0 aliphatic carbocycles. The summed E-state index contributed by atoms with van der Waals surface area (Å²) in [5, 5.41) is -3.94. The molecule has 0 unspecified atom stereocenters. The van der Waals surface area contributed by atoms with Crippen LogP contribution < -0.4 is 0 Å². The van der Waals surface area contributed by atoms with Gasteiger partial charge in [-0.25, -0.2) is 0 Å². The first-order valence-electron chi connectivity index (χ1n) is 54.0. The van der Waals surface area contributed by atoms with Gasteiger partial charge in [-0.05, 0) is 229 Å². The van der Waals surface area contributed by atoms with Gasteiger partial charge in [0.1, 0.15) is 22.3 Å². The van der Waals surface area contributed by atoms with Crippen LogP contribution in [0.2, 0.25) is 0 Å². The van der Waals surface area contributed by atoms with E-state index in [1.807, 2.05) is 66.7 Å². The summed E-state index contributed by atoms with van der Waals surface area (Å²) >= 11 is 0. The molecule has 0 N–H and O–H groups in total. The Labute approximate surface area is 650 Å². The Kier molecular flexibility index (Phi) is 6.53. The zero-order valence-electron chi connectivity index (χ0n) is 97.0. The van der Waals surface area contributed by atoms with Crippen molar-refractivity contribution in [2.75, 3.05) is 0 Å². The first kappa shape index (κ1) is 28.8. The molecule has 0 aliphatic rings. The lowest BCUT2D eigenvalue weighted by molar-refractivity contribution is 0.669. The van der Waals surface area contributed by atoms with E-state index in [1.165, 1.54) is 0 Å². The number of hydrogen-bond acceptors (Lipinski definition) is 2. The molecule has 0 spiro atoms. The molecule has 2 nitrogen and oxygen atoms in total. The first-order valence-corrected chi connectivity index (χ1v) is 31.5. The summed E-state index contributed by atoms with van der Waals surface area (Å²) in [5.41, 5.74) is -2.87. The van der Waals surface area contributed by atoms with Gasteiger partial charge in [0.25, 0.3) is 0 Å². The number of benzene rings is 20. The number of hydrogen-bond donors (Lipinski definition) is 0. The van der Waals surface area contributed by atoms with Crippen molar-refractivity contribution < 1.29 is 70.5 Å². The van der Waals surface area contributed by atoms with E-state index >= 15 is 0 Å². The van der Waals surface area contributed by atoms with Crippen LogP contribution in [0.1, 0.15) is 61.7 Å². The molecular formula is C100H60O2. The van der Waals surface area contributed by atoms with Gasteiger partial charge in [0, 0.05) is 21.5 Å². The fourth-order valence-corrected chi connectivity index (χ4v) is 13.9. The average molecular weight is 1340 g/mol. The number of rotatable bonds is 6. The SMILES string of the molecule is [2H]c1c([2H])c(-c2c([2H])c([2H])c3c([2H])c(-c4c5c([2H])c([2H])c([2H])c([2H])c5c(-c5c([2H])c([2H])c([2H])c6c([2H])c([2H])c([2H])c([2H])c56)c5c([2H])c([2H])c([2H])c([2H])c45)c([2H])c([2H])c3c2[2H])c2c(oc3c([2H])c([2H])c4c([2H])c([2H])c([2H])c([2H])c4c32)c1[2H].[2H]c1c([2H])c([2H])c2c([2H])c(-c3c4c([2H])c([2H])c([2H])c([2H])c4c(-c4ccc5cc(-c6cccc7oc8ccc9ccccc9c8c67)ccc5c4)c4c([2H])c([2H])c([2H])c([2H])c34)c([2H])c([2H])c2c1[2H]. The Morgan fingerprint density at radius 2 is 0.608 bits per heavy atom. The van der Waals surface area contributed by atoms with Crippen molar-refractivity contribution in [3.05, 3.63) is 363 Å². The van der Waals surface area contributed by atoms with Crippen molar-refractivity contribution in [2.24, 2.45) is 0 Å². The smallest absolute Gasteiger partial charge is 0.136 e. The highest BCUT2D eigenvalue weighted by Crippen LogP contribution is 2.49. The molecule has 0 bridgehead atoms. The maximum atomic E-state index is 9.90. The Balaban J connectivity index is 0.000000176. The summed E-state index contributed by atoms with van der Waals surface area (Å²) in [6.07, 6.45) is 0. The van der Waals surface area contributed by atoms with Crippen LogP contribution in [0.3, 0.4) is 0 Å². The fourth-order valence-electron chi connectivity index (χ4n) is 13.9. The third-order valence-electron chi connectivity index (χ3n) is 18.3. The molecule has 0 saturated carbocycles. The Bertz CT molecular complexity index is 9960. The molecule has 22 aromatic rings. The van der Waals surface area contributed by atoms with Crippen LogP contribution in [-0.4, -0.2) is 0 Å². The normalized spacial score (nSPS) is 18.1. The van der Waals surface area contributed by atoms with E-state index < -0.39 is 397 Å². The van der Waals surface area contributed by atoms with E-state index in [-0.39, 0.29) is 32.7 Å². The molecule has 20 aromatic carbocycles. The van der Waals surface area contributed by atoms with Gasteiger partial charge in [0.15, 0.2) is 0 Å². The van der Waals surface area contributed by atoms with Gasteiger partial charge in [0.05, 0.1) is 61.7 Å². The third-order valence-corrected chi connectivity index (χ3v) is 18.3. The minimum atomic E-state index is -1.11. The summed E-state index contributed by atoms with van der Waals surface area (Å²) in [6, 6.07) is -8.78. The standard InChI is InChI=1S/2C50H30O/c1-3-14-37-31(11-1)13-9-21-40(37)48-43-18-7-5-16-41(43)47(42-17-6-8-19-44(42)48)36-26-24-33-29-35(25-23-34(33)30-36)39-20-10-22-45-50(39)49-38-15-4-2-12-32(38)27-28-46(49)51-45;1-2-12-33-29-37(24-20-31(33)10-1)47-41-14-5-7-16-43(41)48(44-17-8-6-15-42(44)47)38-25-22-34-28-36(23-21-35(34)30-38)40-18-9-19-45-50(40)49-39-13-4-3-11-32(39)26-27-46(49)51-45/h2*1-30H/i1D,2D,3D,4D,5D,6D,7D,8D,9D,10D,11D,12D,13D,14D,15D,16D,17D,18D,19D,20D,21D,22D,23D,24D,25D,26D,27D,28D,29D,30D;1D,2D,5D,6D,7D,8D,10D,12D,14D,15D,16D,17D,20D,24D,29D. The highest BCUT2D eigenvalue weighted by molar-refractivity contribution is 6.27. The molecule has 2 heterocycles. The zero-order valence-corrected chi connectivity index (χ0v) is 52.0. The van der Waals surface area contributed by atoms with Gasteiger partial charge in [-0.15, -0.1) is 0 Å². The maximum Gasteiger partial charge on any atom is 0.136 e. The average Bonchev–Trinajstić information content (AvgIpc) is 1.65. The minimum absolute atomic E-state index is 0.0436. The highest BCUT2D eigenvalue weighted by Gasteiger charge is 2.23. The first-order chi connectivity index (χ1) is 69.3. The predicted molar refractivity (Wildman–Crippen MR) is 435 cm³/mol. The van der Waals surface area contributed by atoms with Gasteiger partial charge in [0.2, 0.25) is 0 Å². The van der Waals surface area contributed by atoms with Gasteiger partial charge in [-0.3, -0.25) is 0 Å². The summed E-state index contributed by atoms with van der Waals surface area (Å²) in [5.74, 6) is 0. The summed E-state index contributed by atoms with van der Waals surface area (Å²) < 4.78 is 419. The second-order valence-electron chi connectivity index (χ2n) is 23.7. The minimum Gasteiger partial charge on any atom is -0.456 e. The van der Waals surface area contributed by atoms with Crippen LogP contribution in [-0.2, 0) is 0 Å². The second-order valence-corrected chi connectivity index (χ2v) is 23.7. The molecule has 0 fully saturated rings. The second kappa shape index (κ2) is 23.1. The molecule has 2 heteroatoms. The van der Waals surface area contributed by atoms with Crippen molar-refractivity contribution in [3.8, 4) is 66.8 Å². The summed E-state index contributed by atoms with van der Waals surface area (Å²) in [4.78, 5) is 0. The van der Waals surface area contributed by atoms with Crippen LogP contribution >= 0.6 is 0 Å². The van der Waals surface area contributed by atoms with Crippen molar-refractivity contribution >= 4 is 152 Å². The lowest BCUT2D eigenvalue weighted by atomic mass is 9.84. The Morgan fingerprint density at radius 3 is 1.27 bits per heavy atom. The quantitative estimate of drug-likeness (QED) is 0.155. The maximum absolute atomic E-state index is 9.90. The Morgan fingerprint density at radius 1 is 0.186 bits per heavy atom. The van der Waals surface area contributed by atoms with Crippen molar-refractivity contribution in [2.45, 2.75) is 0 Å². The van der Waals surface area contributed by atoms with Gasteiger partial charge in [-0.1, -0.05) is 308 Å². The fraction of sp³-hybridized carbons (Fsp3) is 0. The lowest BCUT2D eigenvalue weighted by Gasteiger charge is -2.19. The molecule has 472 valence electrons. The van der Waals surface area contributed by atoms with E-state index in [1.54, 1.807) is 12.1 Å². The third kappa shape index (κ3) is 9.13. The predicted octanol–water partition coefficient (Wildman–Crippen LogP) is 28.7. The molecule has 22 rings (SSSR count). The lowest BCUT2D eigenvalue weighted by Crippen LogP contribution is -1.91. The van der Waals surface area contributed by atoms with Crippen LogP contribution in [0, 0.1) is 0 Å². The summed E-state index contributed by atoms with van der Waals surface area (Å²) in [6.45, 7) is 0. The van der Waals surface area contributed by atoms with Crippen LogP contribution in [0.5, 0.6) is 0 Å². The Hall–Kier alpha value is -13.4. The van der Waals surface area contributed by atoms with E-state index in [0.717, 1.165) is 49.2 Å². The van der Waals surface area contributed by atoms with Crippen LogP contribution in [0.4, 0.5) is 0 Å². The van der Waals surface area contributed by atoms with E-state index in [4.69, 9.17) is 45.8 Å². The van der Waals surface area contributed by atoms with E-state index in [0.29, 0.717) is 10.9 Å². The molecule has 0 saturated heterocycles. The van der Waals surface area contributed by atoms with E-state index in [9.17, 15) is 24.7 Å². The van der Waals surface area contributed by atoms with E-state index in [2.05, 4.69) is 12.1 Å². The van der Waals surface area contributed by atoms with Gasteiger partial charge in [-0.2, -0.15) is 0 Å². The monoisotopic (exact) mass is 1340 g/mol. The van der Waals surface area contributed by atoms with Gasteiger partial charge >= 0.3 is 0 Å². The molecular weight excluding hydrogens is 1230 g/mol. The molecule has 0 aliphatic heterocycles. The molecule has 2 aromatic heterocycles. The molecule has 0 amide bonds. The topological polar surface area (TPSA) is 26.3 Å². The summed E-state index contributed by atoms with van der Waals surface area (Å²) in [7, 11) is 0. The zero-order chi connectivity index (χ0) is 106. The van der Waals surface area contributed by atoms with Crippen molar-refractivity contribution in [3.63, 3.8) is 0 Å². The molecule has 0 radical (unpaired) electrons. The number of fused-ring (bicyclic) bond motifs is 18. The van der Waals surface area contributed by atoms with Crippen LogP contribution in [0.25, 0.3) is 218 Å². The number of furan rings is 2. The van der Waals surface area contributed by atoms with Crippen LogP contribution in [0.15, 0.2) is 372 Å². The molecule has 102 heavy (non-hydrogen) atoms. The highest BCUT2D eigenvalue weighted by atomic mass is 16.3.